The standard InChI is InChI=1S/C31H42O/c1-6-24(7-2)13-11-9-8-10-12-14-25-17-18-27-28(19-20-30(27)32)31(25)29-21-26(22(3)4)16-15-23(29)5/h15-18,21,24H,3,6-14,19-20H2,1-2,4-5H3. The Morgan fingerprint density at radius 3 is 2.38 bits per heavy atom. The van der Waals surface area contributed by atoms with Gasteiger partial charge in [-0.1, -0.05) is 95.2 Å². The van der Waals surface area contributed by atoms with Crippen molar-refractivity contribution in [3.63, 3.8) is 0 Å². The van der Waals surface area contributed by atoms with E-state index >= 15 is 0 Å². The average Bonchev–Trinajstić information content (AvgIpc) is 3.16. The molecule has 0 saturated carbocycles. The van der Waals surface area contributed by atoms with Crippen molar-refractivity contribution in [3.8, 4) is 11.1 Å². The van der Waals surface area contributed by atoms with Crippen LogP contribution < -0.4 is 0 Å². The van der Waals surface area contributed by atoms with Gasteiger partial charge in [0, 0.05) is 12.0 Å². The Morgan fingerprint density at radius 1 is 0.938 bits per heavy atom. The maximum Gasteiger partial charge on any atom is 0.163 e. The molecule has 0 atom stereocenters. The number of aryl methyl sites for hydroxylation is 2. The molecule has 0 spiro atoms. The zero-order valence-corrected chi connectivity index (χ0v) is 20.9. The number of carbonyl (C=O) groups excluding carboxylic acids is 1. The fraction of sp³-hybridized carbons (Fsp3) is 0.516. The third-order valence-electron chi connectivity index (χ3n) is 7.51. The molecule has 0 bridgehead atoms. The predicted molar refractivity (Wildman–Crippen MR) is 139 cm³/mol. The van der Waals surface area contributed by atoms with Crippen molar-refractivity contribution in [3.05, 3.63) is 64.7 Å². The summed E-state index contributed by atoms with van der Waals surface area (Å²) in [5.41, 5.74) is 9.83. The van der Waals surface area contributed by atoms with Gasteiger partial charge in [-0.2, -0.15) is 0 Å². The summed E-state index contributed by atoms with van der Waals surface area (Å²) >= 11 is 0. The van der Waals surface area contributed by atoms with Crippen LogP contribution in [0.15, 0.2) is 36.9 Å². The van der Waals surface area contributed by atoms with Crippen LogP contribution in [0.5, 0.6) is 0 Å². The Balaban J connectivity index is 1.73. The summed E-state index contributed by atoms with van der Waals surface area (Å²) in [6, 6.07) is 11.0. The van der Waals surface area contributed by atoms with Gasteiger partial charge in [-0.25, -0.2) is 0 Å². The maximum absolute atomic E-state index is 12.5. The van der Waals surface area contributed by atoms with E-state index in [4.69, 9.17) is 0 Å². The van der Waals surface area contributed by atoms with Crippen molar-refractivity contribution in [2.75, 3.05) is 0 Å². The first-order valence-corrected chi connectivity index (χ1v) is 12.9. The van der Waals surface area contributed by atoms with Crippen molar-refractivity contribution in [1.29, 1.82) is 0 Å². The number of Topliss-reactive ketones (excluding diaryl/α,β-unsaturated/α-hetero) is 1. The molecule has 1 heteroatoms. The number of fused-ring (bicyclic) bond motifs is 1. The molecule has 172 valence electrons. The highest BCUT2D eigenvalue weighted by Gasteiger charge is 2.25. The molecule has 0 aliphatic heterocycles. The van der Waals surface area contributed by atoms with Gasteiger partial charge >= 0.3 is 0 Å². The summed E-state index contributed by atoms with van der Waals surface area (Å²) in [5, 5.41) is 0. The van der Waals surface area contributed by atoms with E-state index in [1.54, 1.807) is 0 Å². The van der Waals surface area contributed by atoms with E-state index in [9.17, 15) is 4.79 Å². The predicted octanol–water partition coefficient (Wildman–Crippen LogP) is 9.14. The van der Waals surface area contributed by atoms with Crippen molar-refractivity contribution in [2.45, 2.75) is 98.3 Å². The Hall–Kier alpha value is -2.15. The first kappa shape index (κ1) is 24.5. The SMILES string of the molecule is C=C(C)c1ccc(C)c(-c2c(CCCCCCCC(CC)CC)ccc3c2CCC3=O)c1. The summed E-state index contributed by atoms with van der Waals surface area (Å²) in [4.78, 5) is 12.5. The van der Waals surface area contributed by atoms with Crippen LogP contribution in [-0.4, -0.2) is 5.78 Å². The maximum atomic E-state index is 12.5. The second-order valence-electron chi connectivity index (χ2n) is 9.85. The zero-order chi connectivity index (χ0) is 23.1. The summed E-state index contributed by atoms with van der Waals surface area (Å²) in [7, 11) is 0. The number of carbonyl (C=O) groups is 1. The number of benzene rings is 2. The lowest BCUT2D eigenvalue weighted by atomic mass is 9.86. The van der Waals surface area contributed by atoms with Crippen molar-refractivity contribution < 1.29 is 4.79 Å². The van der Waals surface area contributed by atoms with Crippen molar-refractivity contribution in [2.24, 2.45) is 5.92 Å². The van der Waals surface area contributed by atoms with Gasteiger partial charge in [-0.3, -0.25) is 4.79 Å². The lowest BCUT2D eigenvalue weighted by molar-refractivity contribution is 0.0994. The Labute approximate surface area is 196 Å². The molecule has 0 heterocycles. The quantitative estimate of drug-likeness (QED) is 0.307. The largest absolute Gasteiger partial charge is 0.294 e. The monoisotopic (exact) mass is 430 g/mol. The fourth-order valence-corrected chi connectivity index (χ4v) is 5.27. The second-order valence-corrected chi connectivity index (χ2v) is 9.85. The topological polar surface area (TPSA) is 17.1 Å². The number of hydrogen-bond acceptors (Lipinski definition) is 1. The number of allylic oxidation sites excluding steroid dienone is 1. The summed E-state index contributed by atoms with van der Waals surface area (Å²) < 4.78 is 0. The molecule has 0 aromatic heterocycles. The molecule has 3 rings (SSSR count). The van der Waals surface area contributed by atoms with Gasteiger partial charge in [0.25, 0.3) is 0 Å². The highest BCUT2D eigenvalue weighted by atomic mass is 16.1. The summed E-state index contributed by atoms with van der Waals surface area (Å²) in [5.74, 6) is 1.23. The van der Waals surface area contributed by atoms with Crippen molar-refractivity contribution >= 4 is 11.4 Å². The van der Waals surface area contributed by atoms with E-state index in [0.29, 0.717) is 12.2 Å². The molecule has 1 aliphatic carbocycles. The van der Waals surface area contributed by atoms with Crippen LogP contribution in [0.3, 0.4) is 0 Å². The van der Waals surface area contributed by atoms with Gasteiger partial charge in [-0.05, 0) is 78.5 Å². The van der Waals surface area contributed by atoms with Gasteiger partial charge in [0.05, 0.1) is 0 Å². The average molecular weight is 431 g/mol. The van der Waals surface area contributed by atoms with E-state index < -0.39 is 0 Å². The van der Waals surface area contributed by atoms with Crippen LogP contribution in [0, 0.1) is 12.8 Å². The van der Waals surface area contributed by atoms with Gasteiger partial charge in [0.15, 0.2) is 5.78 Å². The minimum Gasteiger partial charge on any atom is -0.294 e. The number of hydrogen-bond donors (Lipinski definition) is 0. The smallest absolute Gasteiger partial charge is 0.163 e. The lowest BCUT2D eigenvalue weighted by Crippen LogP contribution is -2.00. The van der Waals surface area contributed by atoms with Crippen LogP contribution in [0.2, 0.25) is 0 Å². The highest BCUT2D eigenvalue weighted by molar-refractivity contribution is 6.03. The molecule has 0 radical (unpaired) electrons. The second kappa shape index (κ2) is 11.6. The molecular formula is C31H42O. The third-order valence-corrected chi connectivity index (χ3v) is 7.51. The van der Waals surface area contributed by atoms with Crippen LogP contribution in [-0.2, 0) is 12.8 Å². The molecule has 0 fully saturated rings. The number of ketones is 1. The van der Waals surface area contributed by atoms with Crippen LogP contribution in [0.4, 0.5) is 0 Å². The molecule has 0 amide bonds. The van der Waals surface area contributed by atoms with Crippen LogP contribution in [0.1, 0.15) is 111 Å². The normalized spacial score (nSPS) is 13.1. The molecule has 2 aromatic rings. The van der Waals surface area contributed by atoms with Gasteiger partial charge in [0.1, 0.15) is 0 Å². The van der Waals surface area contributed by atoms with E-state index in [2.05, 4.69) is 64.6 Å². The summed E-state index contributed by atoms with van der Waals surface area (Å²) in [6.45, 7) is 13.1. The minimum atomic E-state index is 0.305. The van der Waals surface area contributed by atoms with E-state index in [1.807, 2.05) is 0 Å². The lowest BCUT2D eigenvalue weighted by Gasteiger charge is -2.18. The Kier molecular flexibility index (Phi) is 8.91. The molecule has 1 aliphatic rings. The first-order chi connectivity index (χ1) is 15.5. The molecule has 0 N–H and O–H groups in total. The highest BCUT2D eigenvalue weighted by Crippen LogP contribution is 2.38. The molecule has 2 aromatic carbocycles. The fourth-order valence-electron chi connectivity index (χ4n) is 5.27. The van der Waals surface area contributed by atoms with E-state index in [1.165, 1.54) is 84.7 Å². The Morgan fingerprint density at radius 2 is 1.66 bits per heavy atom. The number of unbranched alkanes of at least 4 members (excludes halogenated alkanes) is 4. The van der Waals surface area contributed by atoms with Crippen LogP contribution in [0.25, 0.3) is 16.7 Å². The zero-order valence-electron chi connectivity index (χ0n) is 20.9. The molecule has 32 heavy (non-hydrogen) atoms. The Bertz CT molecular complexity index is 945. The first-order valence-electron chi connectivity index (χ1n) is 12.9. The number of rotatable bonds is 12. The van der Waals surface area contributed by atoms with Gasteiger partial charge in [0.2, 0.25) is 0 Å². The molecular weight excluding hydrogens is 388 g/mol. The third kappa shape index (κ3) is 5.80. The molecule has 1 nitrogen and oxygen atoms in total. The van der Waals surface area contributed by atoms with E-state index in [0.717, 1.165) is 29.9 Å². The summed E-state index contributed by atoms with van der Waals surface area (Å²) in [6.07, 6.45) is 13.3. The van der Waals surface area contributed by atoms with Gasteiger partial charge < -0.3 is 0 Å². The molecule has 0 unspecified atom stereocenters. The van der Waals surface area contributed by atoms with Crippen LogP contribution >= 0.6 is 0 Å². The molecule has 0 saturated heterocycles. The van der Waals surface area contributed by atoms with E-state index in [-0.39, 0.29) is 0 Å². The van der Waals surface area contributed by atoms with Gasteiger partial charge in [-0.15, -0.1) is 0 Å². The van der Waals surface area contributed by atoms with Crippen molar-refractivity contribution in [1.82, 2.24) is 0 Å². The minimum absolute atomic E-state index is 0.305.